The molecule has 1 aromatic carbocycles. The third-order valence-corrected chi connectivity index (χ3v) is 4.87. The van der Waals surface area contributed by atoms with Crippen LogP contribution in [0.4, 0.5) is 10.5 Å². The second kappa shape index (κ2) is 11.1. The summed E-state index contributed by atoms with van der Waals surface area (Å²) in [4.78, 5) is 28.5. The van der Waals surface area contributed by atoms with Gasteiger partial charge in [0.05, 0.1) is 6.04 Å². The van der Waals surface area contributed by atoms with Crippen molar-refractivity contribution in [1.82, 2.24) is 15.5 Å². The molecule has 0 aromatic heterocycles. The maximum Gasteiger partial charge on any atom is 0.315 e. The van der Waals surface area contributed by atoms with Crippen LogP contribution in [0.25, 0.3) is 0 Å². The van der Waals surface area contributed by atoms with Gasteiger partial charge in [-0.1, -0.05) is 25.4 Å². The lowest BCUT2D eigenvalue weighted by Gasteiger charge is -2.21. The second-order valence-electron chi connectivity index (χ2n) is 6.98. The summed E-state index contributed by atoms with van der Waals surface area (Å²) in [5.41, 5.74) is 0.807. The number of hydrogen-bond acceptors (Lipinski definition) is 3. The van der Waals surface area contributed by atoms with Crippen LogP contribution in [0.5, 0.6) is 0 Å². The van der Waals surface area contributed by atoms with E-state index in [-0.39, 0.29) is 18.0 Å². The zero-order valence-electron chi connectivity index (χ0n) is 16.3. The van der Waals surface area contributed by atoms with Crippen LogP contribution in [-0.4, -0.2) is 55.6 Å². The minimum atomic E-state index is -0.205. The van der Waals surface area contributed by atoms with E-state index >= 15 is 0 Å². The van der Waals surface area contributed by atoms with Crippen molar-refractivity contribution in [3.63, 3.8) is 0 Å². The van der Waals surface area contributed by atoms with E-state index in [1.165, 1.54) is 0 Å². The molecular formula is C20H31ClN4O2. The number of nitrogens with one attached hydrogen (secondary N) is 2. The van der Waals surface area contributed by atoms with Crippen LogP contribution in [0.2, 0.25) is 5.02 Å². The molecule has 1 saturated heterocycles. The second-order valence-corrected chi connectivity index (χ2v) is 7.41. The number of nitrogens with zero attached hydrogens (tertiary/aromatic N) is 2. The smallest absolute Gasteiger partial charge is 0.315 e. The molecule has 3 amide bonds. The first-order valence-corrected chi connectivity index (χ1v) is 10.2. The summed E-state index contributed by atoms with van der Waals surface area (Å²) in [6, 6.07) is 6.78. The fourth-order valence-electron chi connectivity index (χ4n) is 3.38. The Morgan fingerprint density at radius 1 is 1.19 bits per heavy atom. The molecule has 1 aromatic rings. The first kappa shape index (κ1) is 21.5. The summed E-state index contributed by atoms with van der Waals surface area (Å²) in [6.45, 7) is 8.69. The highest BCUT2D eigenvalue weighted by Gasteiger charge is 2.31. The van der Waals surface area contributed by atoms with E-state index in [0.717, 1.165) is 44.6 Å². The number of halogens is 1. The van der Waals surface area contributed by atoms with Gasteiger partial charge in [-0.2, -0.15) is 0 Å². The first-order chi connectivity index (χ1) is 13.0. The molecule has 27 heavy (non-hydrogen) atoms. The van der Waals surface area contributed by atoms with Crippen LogP contribution in [0.3, 0.4) is 0 Å². The summed E-state index contributed by atoms with van der Waals surface area (Å²) >= 11 is 5.90. The van der Waals surface area contributed by atoms with Crippen molar-refractivity contribution in [2.75, 3.05) is 37.6 Å². The first-order valence-electron chi connectivity index (χ1n) is 9.86. The Morgan fingerprint density at radius 3 is 2.48 bits per heavy atom. The summed E-state index contributed by atoms with van der Waals surface area (Å²) in [7, 11) is 0. The molecule has 6 nitrogen and oxygen atoms in total. The van der Waals surface area contributed by atoms with Gasteiger partial charge < -0.3 is 20.4 Å². The molecule has 1 atom stereocenters. The van der Waals surface area contributed by atoms with Gasteiger partial charge in [-0.05, 0) is 63.2 Å². The van der Waals surface area contributed by atoms with E-state index in [4.69, 9.17) is 11.6 Å². The molecule has 1 fully saturated rings. The number of urea groups is 1. The quantitative estimate of drug-likeness (QED) is 0.598. The molecule has 2 rings (SSSR count). The van der Waals surface area contributed by atoms with Gasteiger partial charge in [0.15, 0.2) is 0 Å². The SMILES string of the molecule is CCCN(CCC)CCCNC(=O)N[C@H]1CC(=O)N(c2ccc(Cl)cc2)C1. The van der Waals surface area contributed by atoms with Crippen molar-refractivity contribution < 1.29 is 9.59 Å². The minimum absolute atomic E-state index is 0.0115. The van der Waals surface area contributed by atoms with Crippen LogP contribution in [0.1, 0.15) is 39.5 Å². The Kier molecular flexibility index (Phi) is 8.88. The molecule has 1 aliphatic heterocycles. The van der Waals surface area contributed by atoms with Crippen molar-refractivity contribution in [1.29, 1.82) is 0 Å². The largest absolute Gasteiger partial charge is 0.338 e. The van der Waals surface area contributed by atoms with E-state index in [1.807, 2.05) is 12.1 Å². The summed E-state index contributed by atoms with van der Waals surface area (Å²) in [6.07, 6.45) is 3.53. The topological polar surface area (TPSA) is 64.7 Å². The highest BCUT2D eigenvalue weighted by Crippen LogP contribution is 2.23. The van der Waals surface area contributed by atoms with Crippen molar-refractivity contribution in [3.05, 3.63) is 29.3 Å². The normalized spacial score (nSPS) is 16.8. The average molecular weight is 395 g/mol. The molecule has 0 bridgehead atoms. The van der Waals surface area contributed by atoms with Crippen molar-refractivity contribution in [2.24, 2.45) is 0 Å². The maximum absolute atomic E-state index is 12.2. The zero-order chi connectivity index (χ0) is 19.6. The molecule has 0 radical (unpaired) electrons. The van der Waals surface area contributed by atoms with Gasteiger partial charge in [-0.25, -0.2) is 4.79 Å². The third-order valence-electron chi connectivity index (χ3n) is 4.61. The Balaban J connectivity index is 1.70. The van der Waals surface area contributed by atoms with Gasteiger partial charge in [0.2, 0.25) is 5.91 Å². The number of carbonyl (C=O) groups excluding carboxylic acids is 2. The predicted octanol–water partition coefficient (Wildman–Crippen LogP) is 3.26. The van der Waals surface area contributed by atoms with E-state index in [9.17, 15) is 9.59 Å². The summed E-state index contributed by atoms with van der Waals surface area (Å²) in [5.74, 6) is 0.0115. The third kappa shape index (κ3) is 7.03. The van der Waals surface area contributed by atoms with Gasteiger partial charge in [0.25, 0.3) is 0 Å². The average Bonchev–Trinajstić information content (AvgIpc) is 2.99. The van der Waals surface area contributed by atoms with Gasteiger partial charge in [-0.3, -0.25) is 4.79 Å². The van der Waals surface area contributed by atoms with Crippen LogP contribution in [0.15, 0.2) is 24.3 Å². The number of rotatable bonds is 10. The Morgan fingerprint density at radius 2 is 1.85 bits per heavy atom. The van der Waals surface area contributed by atoms with Crippen molar-refractivity contribution >= 4 is 29.2 Å². The van der Waals surface area contributed by atoms with Crippen molar-refractivity contribution in [2.45, 2.75) is 45.6 Å². The Hall–Kier alpha value is -1.79. The van der Waals surface area contributed by atoms with E-state index in [2.05, 4.69) is 29.4 Å². The molecule has 0 saturated carbocycles. The number of carbonyl (C=O) groups is 2. The fourth-order valence-corrected chi connectivity index (χ4v) is 3.51. The molecule has 1 aliphatic rings. The Bertz CT molecular complexity index is 603. The number of amides is 3. The van der Waals surface area contributed by atoms with Gasteiger partial charge >= 0.3 is 6.03 Å². The zero-order valence-corrected chi connectivity index (χ0v) is 17.1. The maximum atomic E-state index is 12.2. The Labute approximate surface area is 167 Å². The number of benzene rings is 1. The van der Waals surface area contributed by atoms with Gasteiger partial charge in [-0.15, -0.1) is 0 Å². The molecule has 7 heteroatoms. The van der Waals surface area contributed by atoms with E-state index in [0.29, 0.717) is 24.5 Å². The molecule has 1 heterocycles. The van der Waals surface area contributed by atoms with Crippen LogP contribution < -0.4 is 15.5 Å². The monoisotopic (exact) mass is 394 g/mol. The van der Waals surface area contributed by atoms with Crippen LogP contribution in [0, 0.1) is 0 Å². The molecular weight excluding hydrogens is 364 g/mol. The summed E-state index contributed by atoms with van der Waals surface area (Å²) < 4.78 is 0. The molecule has 150 valence electrons. The minimum Gasteiger partial charge on any atom is -0.338 e. The standard InChI is InChI=1S/C20H31ClN4O2/c1-3-11-24(12-4-2)13-5-10-22-20(27)23-17-14-19(26)25(15-17)18-8-6-16(21)7-9-18/h6-9,17H,3-5,10-15H2,1-2H3,(H2,22,23,27)/t17-/m0/s1. The lowest BCUT2D eigenvalue weighted by Crippen LogP contribution is -2.44. The molecule has 0 spiro atoms. The van der Waals surface area contributed by atoms with Crippen LogP contribution in [-0.2, 0) is 4.79 Å². The fraction of sp³-hybridized carbons (Fsp3) is 0.600. The van der Waals surface area contributed by atoms with E-state index in [1.54, 1.807) is 17.0 Å². The lowest BCUT2D eigenvalue weighted by molar-refractivity contribution is -0.117. The predicted molar refractivity (Wildman–Crippen MR) is 110 cm³/mol. The number of anilines is 1. The van der Waals surface area contributed by atoms with E-state index < -0.39 is 0 Å². The lowest BCUT2D eigenvalue weighted by atomic mass is 10.2. The summed E-state index contributed by atoms with van der Waals surface area (Å²) in [5, 5.41) is 6.44. The highest BCUT2D eigenvalue weighted by atomic mass is 35.5. The number of hydrogen-bond donors (Lipinski definition) is 2. The van der Waals surface area contributed by atoms with Crippen molar-refractivity contribution in [3.8, 4) is 0 Å². The van der Waals surface area contributed by atoms with Gasteiger partial charge in [0, 0.05) is 30.2 Å². The van der Waals surface area contributed by atoms with Gasteiger partial charge in [0.1, 0.15) is 0 Å². The highest BCUT2D eigenvalue weighted by molar-refractivity contribution is 6.30. The van der Waals surface area contributed by atoms with Crippen LogP contribution >= 0.6 is 11.6 Å². The molecule has 0 aliphatic carbocycles. The molecule has 0 unspecified atom stereocenters. The molecule has 2 N–H and O–H groups in total.